The van der Waals surface area contributed by atoms with Crippen LogP contribution in [-0.4, -0.2) is 32.6 Å². The molecule has 1 aliphatic rings. The van der Waals surface area contributed by atoms with Gasteiger partial charge in [-0.2, -0.15) is 0 Å². The van der Waals surface area contributed by atoms with Gasteiger partial charge in [0, 0.05) is 30.2 Å². The van der Waals surface area contributed by atoms with Crippen molar-refractivity contribution in [2.24, 2.45) is 11.8 Å². The summed E-state index contributed by atoms with van der Waals surface area (Å²) in [5.41, 5.74) is 1.41. The van der Waals surface area contributed by atoms with Crippen LogP contribution in [0.3, 0.4) is 0 Å². The highest BCUT2D eigenvalue weighted by Gasteiger charge is 2.26. The molecular weight excluding hydrogens is 332 g/mol. The number of aliphatic hydroxyl groups is 1. The first-order valence-electron chi connectivity index (χ1n) is 8.80. The van der Waals surface area contributed by atoms with Crippen LogP contribution in [0.1, 0.15) is 25.7 Å². The molecule has 2 N–H and O–H groups in total. The van der Waals surface area contributed by atoms with Gasteiger partial charge in [0.25, 0.3) is 0 Å². The summed E-state index contributed by atoms with van der Waals surface area (Å²) >= 11 is 0. The lowest BCUT2D eigenvalue weighted by molar-refractivity contribution is -0.121. The lowest BCUT2D eigenvalue weighted by atomic mass is 9.82. The zero-order chi connectivity index (χ0) is 17.9. The Morgan fingerprint density at radius 3 is 2.81 bits per heavy atom. The highest BCUT2D eigenvalue weighted by Crippen LogP contribution is 2.29. The second-order valence-electron chi connectivity index (χ2n) is 6.71. The van der Waals surface area contributed by atoms with Gasteiger partial charge in [0.05, 0.1) is 11.7 Å². The van der Waals surface area contributed by atoms with Crippen molar-refractivity contribution in [1.82, 2.24) is 15.0 Å². The van der Waals surface area contributed by atoms with E-state index in [4.69, 9.17) is 4.42 Å². The Labute approximate surface area is 150 Å². The summed E-state index contributed by atoms with van der Waals surface area (Å²) in [6.07, 6.45) is 8.07. The van der Waals surface area contributed by atoms with Gasteiger partial charge < -0.3 is 14.8 Å². The Balaban J connectivity index is 1.50. The van der Waals surface area contributed by atoms with Crippen molar-refractivity contribution in [3.8, 4) is 11.5 Å². The van der Waals surface area contributed by atoms with E-state index in [9.17, 15) is 9.90 Å². The summed E-state index contributed by atoms with van der Waals surface area (Å²) in [4.78, 5) is 25.3. The van der Waals surface area contributed by atoms with Gasteiger partial charge in [0.15, 0.2) is 12.2 Å². The number of fused-ring (bicyclic) bond motifs is 1. The van der Waals surface area contributed by atoms with Crippen molar-refractivity contribution < 1.29 is 14.3 Å². The van der Waals surface area contributed by atoms with E-state index >= 15 is 0 Å². The fraction of sp³-hybridized carbons (Fsp3) is 0.368. The number of carbonyl (C=O) groups excluding carboxylic acids is 1. The maximum atomic E-state index is 12.5. The van der Waals surface area contributed by atoms with Crippen molar-refractivity contribution in [2.75, 3.05) is 11.9 Å². The first-order valence-corrected chi connectivity index (χ1v) is 8.80. The fourth-order valence-corrected chi connectivity index (χ4v) is 3.40. The number of hydrogen-bond acceptors (Lipinski definition) is 6. The second-order valence-corrected chi connectivity index (χ2v) is 6.71. The number of nitrogens with one attached hydrogen (secondary N) is 1. The van der Waals surface area contributed by atoms with Gasteiger partial charge in [-0.3, -0.25) is 4.79 Å². The molecule has 7 nitrogen and oxygen atoms in total. The van der Waals surface area contributed by atoms with E-state index in [0.717, 1.165) is 36.6 Å². The molecule has 1 saturated carbocycles. The molecule has 3 aromatic heterocycles. The summed E-state index contributed by atoms with van der Waals surface area (Å²) in [6.45, 7) is 0.208. The molecule has 26 heavy (non-hydrogen) atoms. The van der Waals surface area contributed by atoms with Crippen LogP contribution in [0.5, 0.6) is 0 Å². The van der Waals surface area contributed by atoms with Crippen molar-refractivity contribution >= 4 is 22.6 Å². The Kier molecular flexibility index (Phi) is 4.62. The van der Waals surface area contributed by atoms with Crippen LogP contribution in [0, 0.1) is 11.8 Å². The smallest absolute Gasteiger partial charge is 0.228 e. The monoisotopic (exact) mass is 352 g/mol. The number of nitrogens with zero attached hydrogens (tertiary/aromatic N) is 3. The lowest BCUT2D eigenvalue weighted by Gasteiger charge is -2.26. The average molecular weight is 352 g/mol. The number of aromatic nitrogens is 3. The van der Waals surface area contributed by atoms with Gasteiger partial charge in [0.1, 0.15) is 11.5 Å². The van der Waals surface area contributed by atoms with Gasteiger partial charge >= 0.3 is 0 Å². The minimum Gasteiger partial charge on any atom is -0.442 e. The maximum Gasteiger partial charge on any atom is 0.228 e. The van der Waals surface area contributed by atoms with Crippen molar-refractivity contribution in [1.29, 1.82) is 0 Å². The van der Waals surface area contributed by atoms with Crippen LogP contribution in [0.15, 0.2) is 41.4 Å². The largest absolute Gasteiger partial charge is 0.442 e. The van der Waals surface area contributed by atoms with E-state index in [1.807, 2.05) is 12.1 Å². The molecular formula is C19H20N4O3. The SMILES string of the molecule is O=C(Nc1cc2nc(-c3cnco3)ccc2cn1)C1CCC(CO)CC1. The molecule has 0 spiro atoms. The summed E-state index contributed by atoms with van der Waals surface area (Å²) in [6, 6.07) is 5.53. The normalized spacial score (nSPS) is 20.2. The van der Waals surface area contributed by atoms with Crippen LogP contribution in [-0.2, 0) is 4.79 Å². The van der Waals surface area contributed by atoms with Crippen LogP contribution in [0.4, 0.5) is 5.82 Å². The summed E-state index contributed by atoms with van der Waals surface area (Å²) in [5.74, 6) is 1.38. The van der Waals surface area contributed by atoms with Gasteiger partial charge in [0.2, 0.25) is 5.91 Å². The number of pyridine rings is 2. The predicted molar refractivity (Wildman–Crippen MR) is 96.2 cm³/mol. The van der Waals surface area contributed by atoms with Crippen LogP contribution in [0.25, 0.3) is 22.4 Å². The van der Waals surface area contributed by atoms with E-state index < -0.39 is 0 Å². The average Bonchev–Trinajstić information content (AvgIpc) is 3.22. The minimum absolute atomic E-state index is 0.0142. The standard InChI is InChI=1S/C19H20N4O3/c24-10-12-1-3-13(4-2-12)19(25)23-18-7-16-14(8-21-18)5-6-15(22-16)17-9-20-11-26-17/h5-9,11-13,24H,1-4,10H2,(H,21,23,25). The van der Waals surface area contributed by atoms with Crippen LogP contribution in [0.2, 0.25) is 0 Å². The number of anilines is 1. The third-order valence-electron chi connectivity index (χ3n) is 4.99. The summed E-state index contributed by atoms with van der Waals surface area (Å²) < 4.78 is 5.28. The molecule has 0 atom stereocenters. The molecule has 3 aromatic rings. The van der Waals surface area contributed by atoms with E-state index in [1.54, 1.807) is 18.5 Å². The van der Waals surface area contributed by atoms with Gasteiger partial charge in [-0.1, -0.05) is 0 Å². The Hall–Kier alpha value is -2.80. The van der Waals surface area contributed by atoms with Gasteiger partial charge in [-0.25, -0.2) is 15.0 Å². The Bertz CT molecular complexity index is 902. The highest BCUT2D eigenvalue weighted by molar-refractivity contribution is 5.93. The molecule has 0 aliphatic heterocycles. The highest BCUT2D eigenvalue weighted by atomic mass is 16.3. The fourth-order valence-electron chi connectivity index (χ4n) is 3.40. The first-order chi connectivity index (χ1) is 12.7. The topological polar surface area (TPSA) is 101 Å². The molecule has 4 rings (SSSR count). The molecule has 0 radical (unpaired) electrons. The van der Waals surface area contributed by atoms with E-state index in [2.05, 4.69) is 20.3 Å². The molecule has 1 fully saturated rings. The number of carbonyl (C=O) groups is 1. The molecule has 1 aliphatic carbocycles. The van der Waals surface area contributed by atoms with Crippen LogP contribution < -0.4 is 5.32 Å². The molecule has 0 aromatic carbocycles. The summed E-state index contributed by atoms with van der Waals surface area (Å²) in [5, 5.41) is 13.0. The van der Waals surface area contributed by atoms with Gasteiger partial charge in [-0.15, -0.1) is 0 Å². The molecule has 0 bridgehead atoms. The van der Waals surface area contributed by atoms with Crippen molar-refractivity contribution in [3.05, 3.63) is 37.0 Å². The zero-order valence-electron chi connectivity index (χ0n) is 14.3. The van der Waals surface area contributed by atoms with E-state index in [-0.39, 0.29) is 18.4 Å². The quantitative estimate of drug-likeness (QED) is 0.748. The second kappa shape index (κ2) is 7.21. The Morgan fingerprint density at radius 1 is 1.23 bits per heavy atom. The molecule has 0 saturated heterocycles. The van der Waals surface area contributed by atoms with Crippen molar-refractivity contribution in [3.63, 3.8) is 0 Å². The number of rotatable bonds is 4. The number of amides is 1. The zero-order valence-corrected chi connectivity index (χ0v) is 14.3. The Morgan fingerprint density at radius 2 is 2.08 bits per heavy atom. The molecule has 3 heterocycles. The molecule has 134 valence electrons. The number of oxazole rings is 1. The molecule has 0 unspecified atom stereocenters. The number of aliphatic hydroxyl groups excluding tert-OH is 1. The third kappa shape index (κ3) is 3.43. The molecule has 1 amide bonds. The minimum atomic E-state index is -0.0243. The number of hydrogen-bond donors (Lipinski definition) is 2. The lowest BCUT2D eigenvalue weighted by Crippen LogP contribution is -2.28. The maximum absolute atomic E-state index is 12.5. The van der Waals surface area contributed by atoms with Gasteiger partial charge in [-0.05, 0) is 43.7 Å². The predicted octanol–water partition coefficient (Wildman–Crippen LogP) is 3.02. The third-order valence-corrected chi connectivity index (χ3v) is 4.99. The van der Waals surface area contributed by atoms with Crippen molar-refractivity contribution in [2.45, 2.75) is 25.7 Å². The molecule has 7 heteroatoms. The van der Waals surface area contributed by atoms with E-state index in [0.29, 0.717) is 23.2 Å². The van der Waals surface area contributed by atoms with E-state index in [1.165, 1.54) is 6.39 Å². The first kappa shape index (κ1) is 16.7. The summed E-state index contributed by atoms with van der Waals surface area (Å²) in [7, 11) is 0. The van der Waals surface area contributed by atoms with Crippen LogP contribution >= 0.6 is 0 Å².